The highest BCUT2D eigenvalue weighted by Gasteiger charge is 2.35. The zero-order chi connectivity index (χ0) is 26.4. The lowest BCUT2D eigenvalue weighted by Gasteiger charge is -2.25. The highest BCUT2D eigenvalue weighted by molar-refractivity contribution is 6.35. The molecule has 0 saturated carbocycles. The van der Waals surface area contributed by atoms with E-state index in [1.165, 1.54) is 41.4 Å². The molecule has 1 heterocycles. The molecular weight excluding hydrogens is 514 g/mol. The Balaban J connectivity index is 1.79. The van der Waals surface area contributed by atoms with Crippen molar-refractivity contribution in [1.29, 1.82) is 5.26 Å². The molecule has 0 aliphatic carbocycles. The van der Waals surface area contributed by atoms with Crippen LogP contribution in [-0.4, -0.2) is 21.4 Å². The summed E-state index contributed by atoms with van der Waals surface area (Å²) in [5.41, 5.74) is 2.17. The van der Waals surface area contributed by atoms with Crippen LogP contribution in [0.3, 0.4) is 0 Å². The summed E-state index contributed by atoms with van der Waals surface area (Å²) in [4.78, 5) is 21.4. The number of amides is 1. The molecule has 0 radical (unpaired) electrons. The Bertz CT molecular complexity index is 1480. The summed E-state index contributed by atoms with van der Waals surface area (Å²) < 4.78 is 18.4. The number of benzene rings is 3. The van der Waals surface area contributed by atoms with Crippen molar-refractivity contribution in [2.24, 2.45) is 4.99 Å². The van der Waals surface area contributed by atoms with E-state index >= 15 is 4.39 Å². The zero-order valence-electron chi connectivity index (χ0n) is 19.6. The van der Waals surface area contributed by atoms with Gasteiger partial charge in [-0.3, -0.25) is 10.1 Å². The van der Waals surface area contributed by atoms with Gasteiger partial charge in [-0.1, -0.05) is 53.0 Å². The Morgan fingerprint density at radius 2 is 1.95 bits per heavy atom. The Kier molecular flexibility index (Phi) is 7.87. The first-order chi connectivity index (χ1) is 17.8. The molecule has 4 rings (SSSR count). The summed E-state index contributed by atoms with van der Waals surface area (Å²) in [6, 6.07) is 19.8. The summed E-state index contributed by atoms with van der Waals surface area (Å²) in [7, 11) is 0. The summed E-state index contributed by atoms with van der Waals surface area (Å²) in [5, 5.41) is 15.2. The van der Waals surface area contributed by atoms with Crippen LogP contribution < -0.4 is 10.6 Å². The van der Waals surface area contributed by atoms with E-state index in [4.69, 9.17) is 23.2 Å². The molecule has 0 fully saturated rings. The fourth-order valence-electron chi connectivity index (χ4n) is 3.55. The van der Waals surface area contributed by atoms with Crippen LogP contribution in [-0.2, 0) is 12.3 Å². The van der Waals surface area contributed by atoms with Gasteiger partial charge in [-0.25, -0.2) is 14.4 Å². The van der Waals surface area contributed by atoms with Gasteiger partial charge in [0.05, 0.1) is 29.5 Å². The number of nitrogens with one attached hydrogen (secondary N) is 2. The number of alkyl halides is 1. The van der Waals surface area contributed by atoms with Crippen molar-refractivity contribution in [3.63, 3.8) is 0 Å². The van der Waals surface area contributed by atoms with E-state index in [1.807, 2.05) is 25.1 Å². The molecule has 0 spiro atoms. The molecular formula is C27H21Cl2FN6O. The third kappa shape index (κ3) is 6.53. The number of nitriles is 1. The van der Waals surface area contributed by atoms with Gasteiger partial charge in [0.1, 0.15) is 0 Å². The molecule has 37 heavy (non-hydrogen) atoms. The van der Waals surface area contributed by atoms with Gasteiger partial charge in [-0.15, -0.1) is 0 Å². The highest BCUT2D eigenvalue weighted by Crippen LogP contribution is 2.36. The molecule has 0 bridgehead atoms. The van der Waals surface area contributed by atoms with Crippen LogP contribution in [0.2, 0.25) is 10.0 Å². The molecule has 2 N–H and O–H groups in total. The molecule has 0 saturated heterocycles. The fourth-order valence-corrected chi connectivity index (χ4v) is 4.10. The molecule has 0 unspecified atom stereocenters. The maximum Gasteiger partial charge on any atom is 0.258 e. The molecule has 0 aliphatic rings. The number of imidazole rings is 1. The average Bonchev–Trinajstić information content (AvgIpc) is 3.38. The van der Waals surface area contributed by atoms with Gasteiger partial charge in [-0.2, -0.15) is 5.26 Å². The number of halogens is 3. The number of carbonyl (C=O) groups excluding carboxylic acids is 1. The monoisotopic (exact) mass is 534 g/mol. The van der Waals surface area contributed by atoms with Crippen molar-refractivity contribution >= 4 is 40.8 Å². The number of aliphatic imine (C=N–C) groups is 1. The van der Waals surface area contributed by atoms with E-state index in [-0.39, 0.29) is 28.7 Å². The van der Waals surface area contributed by atoms with Crippen molar-refractivity contribution in [2.75, 3.05) is 5.32 Å². The molecule has 10 heteroatoms. The first kappa shape index (κ1) is 25.9. The van der Waals surface area contributed by atoms with Crippen LogP contribution in [0, 0.1) is 18.3 Å². The number of rotatable bonds is 6. The quantitative estimate of drug-likeness (QED) is 0.178. The van der Waals surface area contributed by atoms with Crippen molar-refractivity contribution < 1.29 is 9.18 Å². The molecule has 1 aromatic heterocycles. The first-order valence-corrected chi connectivity index (χ1v) is 11.9. The second-order valence-electron chi connectivity index (χ2n) is 8.22. The van der Waals surface area contributed by atoms with Crippen molar-refractivity contribution in [3.8, 4) is 6.07 Å². The molecule has 1 atom stereocenters. The van der Waals surface area contributed by atoms with E-state index in [0.717, 1.165) is 5.56 Å². The van der Waals surface area contributed by atoms with Gasteiger partial charge in [-0.05, 0) is 49.4 Å². The van der Waals surface area contributed by atoms with Crippen molar-refractivity contribution in [2.45, 2.75) is 19.3 Å². The number of hydrogen-bond donors (Lipinski definition) is 2. The number of nitrogens with zero attached hydrogens (tertiary/aromatic N) is 4. The van der Waals surface area contributed by atoms with Crippen molar-refractivity contribution in [3.05, 3.63) is 118 Å². The smallest absolute Gasteiger partial charge is 0.258 e. The summed E-state index contributed by atoms with van der Waals surface area (Å²) in [6.07, 6.45) is 4.56. The van der Waals surface area contributed by atoms with Crippen LogP contribution in [0.25, 0.3) is 0 Å². The van der Waals surface area contributed by atoms with Gasteiger partial charge in [0.2, 0.25) is 11.8 Å². The zero-order valence-corrected chi connectivity index (χ0v) is 21.1. The lowest BCUT2D eigenvalue weighted by molar-refractivity contribution is 0.0975. The van der Waals surface area contributed by atoms with Crippen LogP contribution in [0.15, 0.2) is 90.4 Å². The van der Waals surface area contributed by atoms with Crippen LogP contribution in [0.1, 0.15) is 27.0 Å². The summed E-state index contributed by atoms with van der Waals surface area (Å²) in [5.74, 6) is -3.18. The van der Waals surface area contributed by atoms with E-state index in [0.29, 0.717) is 16.3 Å². The maximum atomic E-state index is 16.9. The van der Waals surface area contributed by atoms with Gasteiger partial charge in [0.15, 0.2) is 0 Å². The number of carbonyl (C=O) groups is 1. The first-order valence-electron chi connectivity index (χ1n) is 11.1. The van der Waals surface area contributed by atoms with Crippen molar-refractivity contribution in [1.82, 2.24) is 14.9 Å². The third-order valence-electron chi connectivity index (χ3n) is 5.38. The summed E-state index contributed by atoms with van der Waals surface area (Å²) in [6.45, 7) is 1.65. The SMILES string of the molecule is Cc1ccc(N/C(=N/[C@](F)(Cn2ccnc2)c2ccc(Cl)cc2Cl)NC(=O)c2cccc(C#N)c2)cc1. The second-order valence-corrected chi connectivity index (χ2v) is 9.06. The van der Waals surface area contributed by atoms with E-state index in [2.05, 4.69) is 20.6 Å². The average molecular weight is 535 g/mol. The van der Waals surface area contributed by atoms with Crippen LogP contribution in [0.5, 0.6) is 0 Å². The Labute approximate surface area is 223 Å². The maximum absolute atomic E-state index is 16.9. The third-order valence-corrected chi connectivity index (χ3v) is 5.93. The Morgan fingerprint density at radius 1 is 1.16 bits per heavy atom. The topological polar surface area (TPSA) is 95.1 Å². The second kappa shape index (κ2) is 11.2. The van der Waals surface area contributed by atoms with Gasteiger partial charge >= 0.3 is 0 Å². The molecule has 3 aromatic carbocycles. The predicted molar refractivity (Wildman–Crippen MR) is 142 cm³/mol. The molecule has 0 aliphatic heterocycles. The lowest BCUT2D eigenvalue weighted by Crippen LogP contribution is -2.39. The standard InChI is InChI=1S/C27H21Cl2FN6O/c1-18-5-8-22(9-6-18)33-26(34-25(37)20-4-2-3-19(13-20)15-31)35-27(30,16-36-12-11-32-17-36)23-10-7-21(28)14-24(23)29/h2-14,17H,16H2,1H3,(H2,33,34,35,37)/t27-/m1/s1. The van der Waals surface area contributed by atoms with E-state index in [1.54, 1.807) is 36.5 Å². The number of anilines is 1. The largest absolute Gasteiger partial charge is 0.332 e. The molecule has 4 aromatic rings. The Morgan fingerprint density at radius 3 is 2.62 bits per heavy atom. The normalized spacial score (nSPS) is 12.9. The highest BCUT2D eigenvalue weighted by atomic mass is 35.5. The predicted octanol–water partition coefficient (Wildman–Crippen LogP) is 6.09. The number of hydrogen-bond acceptors (Lipinski definition) is 4. The molecule has 7 nitrogen and oxygen atoms in total. The van der Waals surface area contributed by atoms with Gasteiger partial charge in [0, 0.05) is 34.2 Å². The number of aromatic nitrogens is 2. The van der Waals surface area contributed by atoms with Gasteiger partial charge < -0.3 is 9.88 Å². The van der Waals surface area contributed by atoms with E-state index in [9.17, 15) is 10.1 Å². The van der Waals surface area contributed by atoms with E-state index < -0.39 is 11.7 Å². The fraction of sp³-hybridized carbons (Fsp3) is 0.111. The van der Waals surface area contributed by atoms with Gasteiger partial charge in [0.25, 0.3) is 5.91 Å². The Hall–Kier alpha value is -4.19. The molecule has 186 valence electrons. The minimum absolute atomic E-state index is 0.0520. The lowest BCUT2D eigenvalue weighted by atomic mass is 10.0. The van der Waals surface area contributed by atoms with Crippen LogP contribution in [0.4, 0.5) is 10.1 Å². The number of guanidine groups is 1. The van der Waals surface area contributed by atoms with Crippen LogP contribution >= 0.6 is 23.2 Å². The number of aryl methyl sites for hydroxylation is 1. The minimum Gasteiger partial charge on any atom is -0.332 e. The summed E-state index contributed by atoms with van der Waals surface area (Å²) >= 11 is 12.4. The minimum atomic E-state index is -2.43. The molecule has 1 amide bonds.